The molecule has 0 bridgehead atoms. The molecule has 76 valence electrons. The van der Waals surface area contributed by atoms with E-state index in [0.29, 0.717) is 5.02 Å². The fourth-order valence-corrected chi connectivity index (χ4v) is 2.14. The van der Waals surface area contributed by atoms with Crippen LogP contribution in [0.1, 0.15) is 6.42 Å². The molecule has 1 aromatic carbocycles. The van der Waals surface area contributed by atoms with Gasteiger partial charge in [0.05, 0.1) is 10.7 Å². The zero-order chi connectivity index (χ0) is 10.1. The maximum Gasteiger partial charge on any atom is 0.0640 e. The van der Waals surface area contributed by atoms with Crippen molar-refractivity contribution < 1.29 is 0 Å². The van der Waals surface area contributed by atoms with Gasteiger partial charge in [-0.3, -0.25) is 0 Å². The number of hydrogen-bond donors (Lipinski definition) is 1. The Bertz CT molecular complexity index is 341. The van der Waals surface area contributed by atoms with Crippen LogP contribution in [0.25, 0.3) is 0 Å². The van der Waals surface area contributed by atoms with Crippen molar-refractivity contribution in [2.75, 3.05) is 18.0 Å². The van der Waals surface area contributed by atoms with E-state index < -0.39 is 0 Å². The Balaban J connectivity index is 2.27. The molecule has 1 aliphatic heterocycles. The van der Waals surface area contributed by atoms with E-state index in [-0.39, 0.29) is 6.04 Å². The highest BCUT2D eigenvalue weighted by atomic mass is 35.5. The molecule has 0 spiro atoms. The lowest BCUT2D eigenvalue weighted by Gasteiger charge is -2.19. The monoisotopic (exact) mass is 230 g/mol. The Hall–Kier alpha value is -0.440. The molecular weight excluding hydrogens is 219 g/mol. The maximum absolute atomic E-state index is 6.08. The van der Waals surface area contributed by atoms with Crippen molar-refractivity contribution in [3.05, 3.63) is 28.2 Å². The molecule has 0 radical (unpaired) electrons. The lowest BCUT2D eigenvalue weighted by molar-refractivity contribution is 0.752. The Morgan fingerprint density at radius 2 is 2.14 bits per heavy atom. The number of anilines is 1. The summed E-state index contributed by atoms with van der Waals surface area (Å²) in [6, 6.07) is 5.76. The second-order valence-corrected chi connectivity index (χ2v) is 4.43. The number of benzene rings is 1. The topological polar surface area (TPSA) is 29.3 Å². The van der Waals surface area contributed by atoms with Crippen molar-refractivity contribution >= 4 is 28.9 Å². The molecule has 1 aromatic rings. The first kappa shape index (κ1) is 10.1. The molecule has 0 amide bonds. The fourth-order valence-electron chi connectivity index (χ4n) is 1.73. The SMILES string of the molecule is NC1CCN(c2cc(Cl)ccc2Cl)C1. The molecule has 1 unspecified atom stereocenters. The van der Waals surface area contributed by atoms with Crippen LogP contribution in [-0.2, 0) is 0 Å². The van der Waals surface area contributed by atoms with Gasteiger partial charge in [0, 0.05) is 24.2 Å². The summed E-state index contributed by atoms with van der Waals surface area (Å²) in [7, 11) is 0. The highest BCUT2D eigenvalue weighted by Crippen LogP contribution is 2.30. The second-order valence-electron chi connectivity index (χ2n) is 3.59. The standard InChI is InChI=1S/C10H12Cl2N2/c11-7-1-2-9(12)10(5-7)14-4-3-8(13)6-14/h1-2,5,8H,3-4,6,13H2. The Morgan fingerprint density at radius 3 is 2.79 bits per heavy atom. The van der Waals surface area contributed by atoms with Crippen LogP contribution in [-0.4, -0.2) is 19.1 Å². The summed E-state index contributed by atoms with van der Waals surface area (Å²) in [5.74, 6) is 0. The third kappa shape index (κ3) is 1.97. The van der Waals surface area contributed by atoms with Crippen molar-refractivity contribution in [3.8, 4) is 0 Å². The molecule has 14 heavy (non-hydrogen) atoms. The molecular formula is C10H12Cl2N2. The van der Waals surface area contributed by atoms with Crippen LogP contribution >= 0.6 is 23.2 Å². The predicted molar refractivity (Wildman–Crippen MR) is 61.3 cm³/mol. The van der Waals surface area contributed by atoms with Gasteiger partial charge in [-0.25, -0.2) is 0 Å². The molecule has 2 N–H and O–H groups in total. The van der Waals surface area contributed by atoms with Crippen LogP contribution in [0.2, 0.25) is 10.0 Å². The lowest BCUT2D eigenvalue weighted by Crippen LogP contribution is -2.26. The number of nitrogens with two attached hydrogens (primary N) is 1. The van der Waals surface area contributed by atoms with E-state index in [2.05, 4.69) is 4.90 Å². The first-order valence-corrected chi connectivity index (χ1v) is 5.38. The third-order valence-electron chi connectivity index (χ3n) is 2.47. The molecule has 2 rings (SSSR count). The van der Waals surface area contributed by atoms with E-state index in [4.69, 9.17) is 28.9 Å². The molecule has 0 aliphatic carbocycles. The van der Waals surface area contributed by atoms with Crippen LogP contribution in [0.4, 0.5) is 5.69 Å². The fraction of sp³-hybridized carbons (Fsp3) is 0.400. The van der Waals surface area contributed by atoms with Crippen LogP contribution in [0.15, 0.2) is 18.2 Å². The number of nitrogens with zero attached hydrogens (tertiary/aromatic N) is 1. The molecule has 0 saturated carbocycles. The summed E-state index contributed by atoms with van der Waals surface area (Å²) >= 11 is 12.0. The summed E-state index contributed by atoms with van der Waals surface area (Å²) in [5, 5.41) is 1.45. The highest BCUT2D eigenvalue weighted by Gasteiger charge is 2.21. The van der Waals surface area contributed by atoms with Gasteiger partial charge in [0.15, 0.2) is 0 Å². The van der Waals surface area contributed by atoms with Gasteiger partial charge in [0.1, 0.15) is 0 Å². The Morgan fingerprint density at radius 1 is 1.36 bits per heavy atom. The van der Waals surface area contributed by atoms with Crippen LogP contribution in [0.5, 0.6) is 0 Å². The van der Waals surface area contributed by atoms with E-state index in [0.717, 1.165) is 30.2 Å². The zero-order valence-corrected chi connectivity index (χ0v) is 9.22. The number of hydrogen-bond acceptors (Lipinski definition) is 2. The van der Waals surface area contributed by atoms with Gasteiger partial charge in [0.25, 0.3) is 0 Å². The van der Waals surface area contributed by atoms with Crippen molar-refractivity contribution in [1.29, 1.82) is 0 Å². The average Bonchev–Trinajstić information content (AvgIpc) is 2.56. The molecule has 2 nitrogen and oxygen atoms in total. The first-order valence-electron chi connectivity index (χ1n) is 4.62. The minimum Gasteiger partial charge on any atom is -0.369 e. The van der Waals surface area contributed by atoms with Gasteiger partial charge in [-0.2, -0.15) is 0 Å². The summed E-state index contributed by atoms with van der Waals surface area (Å²) in [5.41, 5.74) is 6.83. The van der Waals surface area contributed by atoms with Gasteiger partial charge < -0.3 is 10.6 Å². The van der Waals surface area contributed by atoms with Gasteiger partial charge >= 0.3 is 0 Å². The quantitative estimate of drug-likeness (QED) is 0.804. The predicted octanol–water partition coefficient (Wildman–Crippen LogP) is 2.53. The maximum atomic E-state index is 6.08. The summed E-state index contributed by atoms with van der Waals surface area (Å²) in [4.78, 5) is 2.18. The molecule has 1 aliphatic rings. The van der Waals surface area contributed by atoms with Crippen LogP contribution < -0.4 is 10.6 Å². The number of halogens is 2. The molecule has 0 aromatic heterocycles. The largest absolute Gasteiger partial charge is 0.369 e. The van der Waals surface area contributed by atoms with Crippen LogP contribution in [0, 0.1) is 0 Å². The normalized spacial score (nSPS) is 21.6. The van der Waals surface area contributed by atoms with Gasteiger partial charge in [-0.15, -0.1) is 0 Å². The van der Waals surface area contributed by atoms with E-state index in [9.17, 15) is 0 Å². The molecule has 1 atom stereocenters. The van der Waals surface area contributed by atoms with Crippen molar-refractivity contribution in [2.45, 2.75) is 12.5 Å². The average molecular weight is 231 g/mol. The van der Waals surface area contributed by atoms with Crippen molar-refractivity contribution in [3.63, 3.8) is 0 Å². The smallest absolute Gasteiger partial charge is 0.0640 e. The minimum atomic E-state index is 0.255. The van der Waals surface area contributed by atoms with E-state index >= 15 is 0 Å². The van der Waals surface area contributed by atoms with Gasteiger partial charge in [-0.1, -0.05) is 23.2 Å². The van der Waals surface area contributed by atoms with Crippen LogP contribution in [0.3, 0.4) is 0 Å². The molecule has 4 heteroatoms. The van der Waals surface area contributed by atoms with E-state index in [1.54, 1.807) is 6.07 Å². The minimum absolute atomic E-state index is 0.255. The summed E-state index contributed by atoms with van der Waals surface area (Å²) in [6.07, 6.45) is 1.02. The van der Waals surface area contributed by atoms with Crippen molar-refractivity contribution in [1.82, 2.24) is 0 Å². The molecule has 1 saturated heterocycles. The first-order chi connectivity index (χ1) is 6.66. The zero-order valence-electron chi connectivity index (χ0n) is 7.71. The summed E-state index contributed by atoms with van der Waals surface area (Å²) < 4.78 is 0. The lowest BCUT2D eigenvalue weighted by atomic mass is 10.3. The van der Waals surface area contributed by atoms with Crippen molar-refractivity contribution in [2.24, 2.45) is 5.73 Å². The Labute approximate surface area is 93.6 Å². The molecule has 1 fully saturated rings. The van der Waals surface area contributed by atoms with E-state index in [1.807, 2.05) is 12.1 Å². The number of rotatable bonds is 1. The molecule has 1 heterocycles. The van der Waals surface area contributed by atoms with E-state index in [1.165, 1.54) is 0 Å². The third-order valence-corrected chi connectivity index (χ3v) is 3.03. The van der Waals surface area contributed by atoms with Gasteiger partial charge in [0.2, 0.25) is 0 Å². The summed E-state index contributed by atoms with van der Waals surface area (Å²) in [6.45, 7) is 1.82. The highest BCUT2D eigenvalue weighted by molar-refractivity contribution is 6.35. The van der Waals surface area contributed by atoms with Gasteiger partial charge in [-0.05, 0) is 24.6 Å². The Kier molecular flexibility index (Phi) is 2.86. The second kappa shape index (κ2) is 3.97.